The molecule has 2 aromatic rings. The Morgan fingerprint density at radius 2 is 1.21 bits per heavy atom. The van der Waals surface area contributed by atoms with Crippen LogP contribution in [0.5, 0.6) is 0 Å². The summed E-state index contributed by atoms with van der Waals surface area (Å²) in [5.74, 6) is -18.0. The van der Waals surface area contributed by atoms with Gasteiger partial charge in [0.05, 0.1) is 25.4 Å². The Balaban J connectivity index is 2.44. The first-order chi connectivity index (χ1) is 47.3. The summed E-state index contributed by atoms with van der Waals surface area (Å²) < 4.78 is 11.5. The number of aliphatic hydroxyl groups excluding tert-OH is 4. The number of hydrogen-bond donors (Lipinski definition) is 19. The number of alkyl carbamates (subject to hydrolysis) is 1. The Morgan fingerprint density at radius 3 is 1.75 bits per heavy atom. The lowest BCUT2D eigenvalue weighted by molar-refractivity contribution is -0.159. The average Bonchev–Trinajstić information content (AvgIpc) is 0.767. The van der Waals surface area contributed by atoms with Crippen LogP contribution < -0.4 is 75.3 Å². The van der Waals surface area contributed by atoms with Gasteiger partial charge in [0, 0.05) is 6.54 Å². The normalized spacial score (nSPS) is 23.3. The largest absolute Gasteiger partial charge is 0.453 e. The number of carbonyl (C=O) groups is 13. The number of esters is 1. The van der Waals surface area contributed by atoms with Crippen LogP contribution in [0.15, 0.2) is 60.7 Å². The number of aryl methyl sites for hydroxylation is 1. The first-order valence-corrected chi connectivity index (χ1v) is 33.6. The van der Waals surface area contributed by atoms with Crippen LogP contribution in [0.4, 0.5) is 4.79 Å². The third-order valence-corrected chi connectivity index (χ3v) is 16.0. The SMILES string of the molecule is CC[C@H](C)C1NC(=O)[C@@H](CCCNC(=N)N)NC(=O)[C@H](CC(C)C)NC(=O)[C@H]([C@H](O)C(C)C)NC(=O)[C@@H](NC(=O)[C@H](CC(C)C)NC(=O)[C@@H](CCc2ccccc2)NC(=O)OC(C)(C)C)[C@@H](c2ccccc2)OC(=O)[C@H](CO)NC(=O)[C@H]([C@H](O)C(N)=O)NC(=O)CNC(=O)C([C@H](C)O)NC1=O. The van der Waals surface area contributed by atoms with E-state index in [1.807, 2.05) is 10.6 Å². The first-order valence-electron chi connectivity index (χ1n) is 33.6. The van der Waals surface area contributed by atoms with E-state index in [0.29, 0.717) is 0 Å². The Kier molecular flexibility index (Phi) is 35.0. The maximum atomic E-state index is 15.6. The number of rotatable bonds is 25. The second kappa shape index (κ2) is 41.3. The highest BCUT2D eigenvalue weighted by atomic mass is 16.6. The molecule has 0 aromatic heterocycles. The fraction of sp³-hybridized carbons (Fsp3) is 0.612. The van der Waals surface area contributed by atoms with E-state index in [1.54, 1.807) is 92.6 Å². The number of cyclic esters (lactones) is 1. The maximum absolute atomic E-state index is 15.6. The summed E-state index contributed by atoms with van der Waals surface area (Å²) in [4.78, 5) is 186. The molecule has 0 radical (unpaired) electrons. The number of hydrogen-bond acceptors (Lipinski definition) is 20. The molecular formula is C67H105N15O19. The highest BCUT2D eigenvalue weighted by Gasteiger charge is 2.44. The summed E-state index contributed by atoms with van der Waals surface area (Å²) in [6.07, 6.45) is -9.36. The molecule has 1 aliphatic heterocycles. The first kappa shape index (κ1) is 85.7. The molecule has 0 bridgehead atoms. The van der Waals surface area contributed by atoms with Gasteiger partial charge in [0.25, 0.3) is 0 Å². The van der Waals surface area contributed by atoms with E-state index in [9.17, 15) is 68.4 Å². The summed E-state index contributed by atoms with van der Waals surface area (Å²) >= 11 is 0. The molecule has 0 spiro atoms. The lowest BCUT2D eigenvalue weighted by Crippen LogP contribution is -2.64. The van der Waals surface area contributed by atoms with Crippen LogP contribution >= 0.6 is 0 Å². The second-order valence-electron chi connectivity index (χ2n) is 27.1. The van der Waals surface area contributed by atoms with Gasteiger partial charge in [-0.1, -0.05) is 122 Å². The van der Waals surface area contributed by atoms with E-state index in [4.69, 9.17) is 26.4 Å². The smallest absolute Gasteiger partial charge is 0.408 e. The van der Waals surface area contributed by atoms with E-state index in [2.05, 4.69) is 53.2 Å². The number of benzene rings is 2. The topological polar surface area (TPSA) is 542 Å². The predicted octanol–water partition coefficient (Wildman–Crippen LogP) is -3.07. The van der Waals surface area contributed by atoms with Gasteiger partial charge in [-0.25, -0.2) is 9.59 Å². The summed E-state index contributed by atoms with van der Waals surface area (Å²) in [6.45, 7) is 16.4. The van der Waals surface area contributed by atoms with Gasteiger partial charge in [-0.3, -0.25) is 58.1 Å². The second-order valence-corrected chi connectivity index (χ2v) is 27.1. The van der Waals surface area contributed by atoms with Crippen LogP contribution in [-0.4, -0.2) is 207 Å². The van der Waals surface area contributed by atoms with Crippen molar-refractivity contribution < 1.29 is 92.2 Å². The molecule has 0 saturated carbocycles. The predicted molar refractivity (Wildman–Crippen MR) is 366 cm³/mol. The molecule has 1 saturated heterocycles. The van der Waals surface area contributed by atoms with Crippen LogP contribution in [0, 0.1) is 29.1 Å². The Labute approximate surface area is 587 Å². The molecule has 2 unspecified atom stereocenters. The van der Waals surface area contributed by atoms with Crippen molar-refractivity contribution in [1.82, 2.24) is 63.8 Å². The monoisotopic (exact) mass is 1420 g/mol. The molecule has 15 atom stereocenters. The van der Waals surface area contributed by atoms with Crippen LogP contribution in [0.25, 0.3) is 0 Å². The highest BCUT2D eigenvalue weighted by Crippen LogP contribution is 2.25. The van der Waals surface area contributed by atoms with E-state index in [1.165, 1.54) is 44.2 Å². The average molecular weight is 1420 g/mol. The van der Waals surface area contributed by atoms with Crippen molar-refractivity contribution in [3.63, 3.8) is 0 Å². The molecule has 34 heteroatoms. The van der Waals surface area contributed by atoms with E-state index in [0.717, 1.165) is 12.5 Å². The molecule has 562 valence electrons. The third kappa shape index (κ3) is 28.9. The molecule has 2 aromatic carbocycles. The van der Waals surface area contributed by atoms with Gasteiger partial charge < -0.3 is 105 Å². The van der Waals surface area contributed by atoms with Gasteiger partial charge in [0.1, 0.15) is 60.0 Å². The number of amides is 12. The molecule has 3 rings (SSSR count). The van der Waals surface area contributed by atoms with Crippen LogP contribution in [-0.2, 0) is 73.4 Å². The number of primary amides is 1. The Hall–Kier alpha value is -9.54. The van der Waals surface area contributed by atoms with Crippen molar-refractivity contribution in [2.75, 3.05) is 19.7 Å². The van der Waals surface area contributed by atoms with Crippen molar-refractivity contribution in [3.8, 4) is 0 Å². The molecule has 12 amide bonds. The summed E-state index contributed by atoms with van der Waals surface area (Å²) in [7, 11) is 0. The number of aliphatic hydroxyl groups is 4. The molecule has 34 nitrogen and oxygen atoms in total. The van der Waals surface area contributed by atoms with Gasteiger partial charge in [-0.2, -0.15) is 0 Å². The summed E-state index contributed by atoms with van der Waals surface area (Å²) in [5.41, 5.74) is 10.5. The maximum Gasteiger partial charge on any atom is 0.408 e. The van der Waals surface area contributed by atoms with Crippen molar-refractivity contribution in [2.45, 2.75) is 218 Å². The zero-order chi connectivity index (χ0) is 76.2. The minimum absolute atomic E-state index is 0.00251. The molecule has 1 fully saturated rings. The van der Waals surface area contributed by atoms with E-state index >= 15 is 14.4 Å². The van der Waals surface area contributed by atoms with Gasteiger partial charge in [-0.15, -0.1) is 0 Å². The standard InChI is InChI=1S/C67H105N15O19/c1-13-36(8)46-60(94)80-47(37(9)84)59(93)72-31-45(85)78-49(52(87)54(68)88)62(96)76-44(32-83)64(98)100-53(39-23-18-15-19-24-39)50(82-58(92)43(30-34(4)5)74-55(89)41(77-66(99)101-67(10,11)12)27-26-38-21-16-14-17-22-38)63(97)81-48(51(86)35(6)7)61(95)75-42(29-33(2)3)57(91)73-40(56(90)79-46)25-20-28-71-65(69)70/h14-19,21-24,33-37,40-44,46-53,83-84,86-87H,13,20,25-32H2,1-12H3,(H2,68,88)(H,72,93)(H,73,91)(H,74,89)(H,75,95)(H,76,96)(H,77,99)(H,78,85)(H,79,90)(H,80,94)(H,81,97)(H,82,92)(H4,69,70,71)/t36-,37-,40+,41+,42-,43-,44-,46?,47?,48-,49-,50-,51+,52-,53+/m0/s1. The highest BCUT2D eigenvalue weighted by molar-refractivity contribution is 6.00. The Morgan fingerprint density at radius 1 is 0.653 bits per heavy atom. The van der Waals surface area contributed by atoms with Gasteiger partial charge in [0.15, 0.2) is 24.2 Å². The van der Waals surface area contributed by atoms with E-state index < -0.39 is 210 Å². The molecule has 0 aliphatic carbocycles. The fourth-order valence-electron chi connectivity index (χ4n) is 10.3. The quantitative estimate of drug-likeness (QED) is 0.0203. The summed E-state index contributed by atoms with van der Waals surface area (Å²) in [6, 6.07) is -2.67. The molecular weight excluding hydrogens is 1320 g/mol. The van der Waals surface area contributed by atoms with Crippen LogP contribution in [0.3, 0.4) is 0 Å². The fourth-order valence-corrected chi connectivity index (χ4v) is 10.3. The molecule has 1 aliphatic rings. The molecule has 101 heavy (non-hydrogen) atoms. The third-order valence-electron chi connectivity index (χ3n) is 16.0. The van der Waals surface area contributed by atoms with Crippen LogP contribution in [0.1, 0.15) is 139 Å². The number of carbonyl (C=O) groups excluding carboxylic acids is 13. The lowest BCUT2D eigenvalue weighted by Gasteiger charge is -2.34. The van der Waals surface area contributed by atoms with Gasteiger partial charge >= 0.3 is 12.1 Å². The minimum Gasteiger partial charge on any atom is -0.453 e. The van der Waals surface area contributed by atoms with Crippen molar-refractivity contribution >= 4 is 83.0 Å². The number of guanidine groups is 1. The minimum atomic E-state index is -2.61. The van der Waals surface area contributed by atoms with Crippen molar-refractivity contribution in [2.24, 2.45) is 35.1 Å². The number of ether oxygens (including phenoxy) is 2. The van der Waals surface area contributed by atoms with Crippen molar-refractivity contribution in [3.05, 3.63) is 71.8 Å². The molecule has 21 N–H and O–H groups in total. The zero-order valence-corrected chi connectivity index (χ0v) is 59.3. The summed E-state index contributed by atoms with van der Waals surface area (Å²) in [5, 5.41) is 81.4. The van der Waals surface area contributed by atoms with Gasteiger partial charge in [-0.05, 0) is 101 Å². The lowest BCUT2D eigenvalue weighted by atomic mass is 9.95. The number of nitrogens with one attached hydrogen (secondary N) is 13. The number of nitrogens with two attached hydrogens (primary N) is 2. The van der Waals surface area contributed by atoms with Gasteiger partial charge in [0.2, 0.25) is 65.0 Å². The Bertz CT molecular complexity index is 3150. The van der Waals surface area contributed by atoms with E-state index in [-0.39, 0.29) is 57.1 Å². The van der Waals surface area contributed by atoms with Crippen molar-refractivity contribution in [1.29, 1.82) is 5.41 Å². The zero-order valence-electron chi connectivity index (χ0n) is 59.3. The molecule has 1 heterocycles. The van der Waals surface area contributed by atoms with Crippen LogP contribution in [0.2, 0.25) is 0 Å².